The van der Waals surface area contributed by atoms with Crippen LogP contribution in [0, 0.1) is 0 Å². The number of benzene rings is 1. The minimum absolute atomic E-state index is 0.643. The first-order valence-corrected chi connectivity index (χ1v) is 5.16. The van der Waals surface area contributed by atoms with E-state index in [1.54, 1.807) is 0 Å². The molecule has 0 radical (unpaired) electrons. The van der Waals surface area contributed by atoms with Crippen molar-refractivity contribution in [3.63, 3.8) is 0 Å². The van der Waals surface area contributed by atoms with E-state index in [0.717, 1.165) is 6.54 Å². The summed E-state index contributed by atoms with van der Waals surface area (Å²) in [5.74, 6) is 0. The van der Waals surface area contributed by atoms with Gasteiger partial charge < -0.3 is 5.32 Å². The number of hydrogen-bond donors (Lipinski definition) is 1. The van der Waals surface area contributed by atoms with Gasteiger partial charge in [0.15, 0.2) is 0 Å². The molecule has 0 amide bonds. The molecule has 1 aliphatic rings. The molecule has 0 saturated heterocycles. The fraction of sp³-hybridized carbons (Fsp3) is 0.500. The van der Waals surface area contributed by atoms with Gasteiger partial charge in [0.2, 0.25) is 0 Å². The third-order valence-electron chi connectivity index (χ3n) is 2.29. The van der Waals surface area contributed by atoms with Crippen LogP contribution < -0.4 is 5.32 Å². The molecule has 72 valence electrons. The van der Waals surface area contributed by atoms with Crippen molar-refractivity contribution in [3.05, 3.63) is 35.4 Å². The maximum absolute atomic E-state index is 3.44. The zero-order valence-corrected chi connectivity index (χ0v) is 8.80. The van der Waals surface area contributed by atoms with Gasteiger partial charge in [-0.15, -0.1) is 0 Å². The third-order valence-corrected chi connectivity index (χ3v) is 2.29. The van der Waals surface area contributed by atoms with Crippen LogP contribution in [0.25, 0.3) is 0 Å². The summed E-state index contributed by atoms with van der Waals surface area (Å²) in [4.78, 5) is 0. The molecule has 1 N–H and O–H groups in total. The van der Waals surface area contributed by atoms with Crippen LogP contribution in [0.2, 0.25) is 0 Å². The first-order chi connectivity index (χ1) is 6.36. The molecular formula is C12H19N. The standard InChI is InChI=1S/C10H13N.C2H6/c1-8-6-9-4-2-3-5-10(9)7-11-8;1-2/h2-5,8,11H,6-7H2,1H3;1-2H3. The molecule has 0 spiro atoms. The van der Waals surface area contributed by atoms with Gasteiger partial charge in [-0.3, -0.25) is 0 Å². The molecule has 1 atom stereocenters. The van der Waals surface area contributed by atoms with Gasteiger partial charge >= 0.3 is 0 Å². The lowest BCUT2D eigenvalue weighted by molar-refractivity contribution is 0.513. The number of fused-ring (bicyclic) bond motifs is 1. The van der Waals surface area contributed by atoms with E-state index in [4.69, 9.17) is 0 Å². The van der Waals surface area contributed by atoms with E-state index in [-0.39, 0.29) is 0 Å². The average molecular weight is 177 g/mol. The highest BCUT2D eigenvalue weighted by Gasteiger charge is 2.12. The Kier molecular flexibility index (Phi) is 3.97. The quantitative estimate of drug-likeness (QED) is 0.642. The maximum atomic E-state index is 3.44. The van der Waals surface area contributed by atoms with Crippen LogP contribution in [-0.4, -0.2) is 6.04 Å². The Balaban J connectivity index is 0.000000396. The van der Waals surface area contributed by atoms with E-state index < -0.39 is 0 Å². The van der Waals surface area contributed by atoms with Gasteiger partial charge in [-0.25, -0.2) is 0 Å². The lowest BCUT2D eigenvalue weighted by atomic mass is 9.97. The molecule has 1 heteroatoms. The summed E-state index contributed by atoms with van der Waals surface area (Å²) >= 11 is 0. The zero-order chi connectivity index (χ0) is 9.68. The SMILES string of the molecule is CC.CC1Cc2ccccc2CN1. The van der Waals surface area contributed by atoms with E-state index >= 15 is 0 Å². The van der Waals surface area contributed by atoms with Crippen LogP contribution in [0.5, 0.6) is 0 Å². The monoisotopic (exact) mass is 177 g/mol. The molecule has 1 nitrogen and oxygen atoms in total. The molecule has 0 saturated carbocycles. The normalized spacial score (nSPS) is 19.8. The fourth-order valence-corrected chi connectivity index (χ4v) is 1.62. The molecule has 0 fully saturated rings. The van der Waals surface area contributed by atoms with Crippen LogP contribution in [-0.2, 0) is 13.0 Å². The summed E-state index contributed by atoms with van der Waals surface area (Å²) in [5.41, 5.74) is 2.98. The maximum Gasteiger partial charge on any atom is 0.0210 e. The van der Waals surface area contributed by atoms with Crippen molar-refractivity contribution < 1.29 is 0 Å². The van der Waals surface area contributed by atoms with E-state index in [1.165, 1.54) is 17.5 Å². The van der Waals surface area contributed by atoms with Gasteiger partial charge in [0, 0.05) is 12.6 Å². The Bertz CT molecular complexity index is 255. The molecule has 1 aromatic carbocycles. The Morgan fingerprint density at radius 1 is 1.15 bits per heavy atom. The van der Waals surface area contributed by atoms with Crippen molar-refractivity contribution >= 4 is 0 Å². The van der Waals surface area contributed by atoms with Crippen molar-refractivity contribution in [2.24, 2.45) is 0 Å². The highest BCUT2D eigenvalue weighted by Crippen LogP contribution is 2.15. The van der Waals surface area contributed by atoms with Gasteiger partial charge in [0.25, 0.3) is 0 Å². The van der Waals surface area contributed by atoms with E-state index in [1.807, 2.05) is 13.8 Å². The molecular weight excluding hydrogens is 158 g/mol. The molecule has 13 heavy (non-hydrogen) atoms. The van der Waals surface area contributed by atoms with Crippen molar-refractivity contribution in [1.82, 2.24) is 5.32 Å². The van der Waals surface area contributed by atoms with Gasteiger partial charge in [0.1, 0.15) is 0 Å². The predicted octanol–water partition coefficient (Wildman–Crippen LogP) is 2.75. The smallest absolute Gasteiger partial charge is 0.0210 e. The summed E-state index contributed by atoms with van der Waals surface area (Å²) in [5, 5.41) is 3.44. The average Bonchev–Trinajstić information content (AvgIpc) is 2.21. The summed E-state index contributed by atoms with van der Waals surface area (Å²) in [6.07, 6.45) is 1.18. The van der Waals surface area contributed by atoms with Crippen LogP contribution in [0.15, 0.2) is 24.3 Å². The summed E-state index contributed by atoms with van der Waals surface area (Å²) in [7, 11) is 0. The lowest BCUT2D eigenvalue weighted by Gasteiger charge is -2.22. The molecule has 1 unspecified atom stereocenters. The summed E-state index contributed by atoms with van der Waals surface area (Å²) in [6.45, 7) is 7.27. The second-order valence-corrected chi connectivity index (χ2v) is 3.25. The second-order valence-electron chi connectivity index (χ2n) is 3.25. The lowest BCUT2D eigenvalue weighted by Crippen LogP contribution is -2.32. The van der Waals surface area contributed by atoms with Crippen LogP contribution in [0.4, 0.5) is 0 Å². The number of nitrogens with one attached hydrogen (secondary N) is 1. The fourth-order valence-electron chi connectivity index (χ4n) is 1.62. The number of rotatable bonds is 0. The highest BCUT2D eigenvalue weighted by atomic mass is 14.9. The largest absolute Gasteiger partial charge is 0.310 e. The summed E-state index contributed by atoms with van der Waals surface area (Å²) < 4.78 is 0. The molecule has 0 bridgehead atoms. The van der Waals surface area contributed by atoms with Crippen LogP contribution in [0.3, 0.4) is 0 Å². The highest BCUT2D eigenvalue weighted by molar-refractivity contribution is 5.29. The van der Waals surface area contributed by atoms with Gasteiger partial charge in [-0.05, 0) is 24.5 Å². The first-order valence-electron chi connectivity index (χ1n) is 5.16. The van der Waals surface area contributed by atoms with Gasteiger partial charge in [-0.2, -0.15) is 0 Å². The van der Waals surface area contributed by atoms with Gasteiger partial charge in [-0.1, -0.05) is 38.1 Å². The summed E-state index contributed by atoms with van der Waals surface area (Å²) in [6, 6.07) is 9.30. The molecule has 0 aromatic heterocycles. The van der Waals surface area contributed by atoms with E-state index in [2.05, 4.69) is 36.5 Å². The Labute approximate surface area is 81.2 Å². The molecule has 0 aliphatic carbocycles. The number of hydrogen-bond acceptors (Lipinski definition) is 1. The second kappa shape index (κ2) is 5.03. The Hall–Kier alpha value is -0.820. The molecule has 1 heterocycles. The van der Waals surface area contributed by atoms with Crippen molar-refractivity contribution in [1.29, 1.82) is 0 Å². The Morgan fingerprint density at radius 3 is 2.46 bits per heavy atom. The Morgan fingerprint density at radius 2 is 1.77 bits per heavy atom. The van der Waals surface area contributed by atoms with Crippen LogP contribution >= 0.6 is 0 Å². The van der Waals surface area contributed by atoms with Crippen molar-refractivity contribution in [2.75, 3.05) is 0 Å². The molecule has 1 aromatic rings. The van der Waals surface area contributed by atoms with Crippen molar-refractivity contribution in [3.8, 4) is 0 Å². The van der Waals surface area contributed by atoms with Gasteiger partial charge in [0.05, 0.1) is 0 Å². The minimum atomic E-state index is 0.643. The molecule has 1 aliphatic heterocycles. The topological polar surface area (TPSA) is 12.0 Å². The third kappa shape index (κ3) is 2.56. The predicted molar refractivity (Wildman–Crippen MR) is 57.8 cm³/mol. The van der Waals surface area contributed by atoms with E-state index in [0.29, 0.717) is 6.04 Å². The minimum Gasteiger partial charge on any atom is -0.310 e. The van der Waals surface area contributed by atoms with Crippen molar-refractivity contribution in [2.45, 2.75) is 39.8 Å². The van der Waals surface area contributed by atoms with E-state index in [9.17, 15) is 0 Å². The molecule has 2 rings (SSSR count). The van der Waals surface area contributed by atoms with Crippen LogP contribution in [0.1, 0.15) is 31.9 Å². The zero-order valence-electron chi connectivity index (χ0n) is 8.80. The first kappa shape index (κ1) is 10.3.